The van der Waals surface area contributed by atoms with Crippen LogP contribution in [0.2, 0.25) is 0 Å². The normalized spacial score (nSPS) is 11.2. The van der Waals surface area contributed by atoms with Crippen LogP contribution >= 0.6 is 0 Å². The Kier molecular flexibility index (Phi) is 8.34. The van der Waals surface area contributed by atoms with Crippen LogP contribution in [0.3, 0.4) is 0 Å². The zero-order valence-electron chi connectivity index (χ0n) is 17.8. The number of carbonyl (C=O) groups excluding carboxylic acids is 2. The molecule has 1 atom stereocenters. The first-order valence-corrected chi connectivity index (χ1v) is 9.36. The zero-order valence-corrected chi connectivity index (χ0v) is 17.8. The fourth-order valence-electron chi connectivity index (χ4n) is 2.61. The van der Waals surface area contributed by atoms with E-state index in [1.54, 1.807) is 6.92 Å². The summed E-state index contributed by atoms with van der Waals surface area (Å²) in [5.74, 6) is 0.701. The van der Waals surface area contributed by atoms with Gasteiger partial charge in [0.15, 0.2) is 11.5 Å². The van der Waals surface area contributed by atoms with Crippen molar-refractivity contribution < 1.29 is 33.3 Å². The largest absolute Gasteiger partial charge is 0.493 e. The van der Waals surface area contributed by atoms with E-state index >= 15 is 0 Å². The van der Waals surface area contributed by atoms with Gasteiger partial charge in [0.05, 0.1) is 21.3 Å². The van der Waals surface area contributed by atoms with Crippen molar-refractivity contribution >= 4 is 11.9 Å². The molecule has 0 aliphatic rings. The molecule has 1 N–H and O–H groups in total. The topological polar surface area (TPSA) is 92.3 Å². The molecule has 1 amide bonds. The Labute approximate surface area is 176 Å². The van der Waals surface area contributed by atoms with Crippen LogP contribution in [0.25, 0.3) is 0 Å². The fraction of sp³-hybridized carbons (Fsp3) is 0.364. The van der Waals surface area contributed by atoms with Gasteiger partial charge in [-0.05, 0) is 38.1 Å². The molecule has 8 heteroatoms. The Bertz CT molecular complexity index is 839. The summed E-state index contributed by atoms with van der Waals surface area (Å²) in [7, 11) is 4.38. The standard InChI is InChI=1S/C22H27NO7/c1-14-6-8-17(9-7-14)29-10-11-30-22(25)15(2)23-21(24)16-12-18(26-3)20(28-5)19(13-16)27-4/h6-9,12-13,15H,10-11H2,1-5H3,(H,23,24)/t15-/m0/s1. The molecule has 2 aromatic rings. The minimum atomic E-state index is -0.851. The summed E-state index contributed by atoms with van der Waals surface area (Å²) in [4.78, 5) is 24.7. The number of esters is 1. The van der Waals surface area contributed by atoms with E-state index in [0.717, 1.165) is 5.56 Å². The molecule has 2 rings (SSSR count). The number of rotatable bonds is 10. The number of methoxy groups -OCH3 is 3. The van der Waals surface area contributed by atoms with Gasteiger partial charge in [0.1, 0.15) is 25.0 Å². The highest BCUT2D eigenvalue weighted by atomic mass is 16.6. The highest BCUT2D eigenvalue weighted by molar-refractivity contribution is 5.97. The first-order chi connectivity index (χ1) is 14.4. The minimum absolute atomic E-state index is 0.0666. The van der Waals surface area contributed by atoms with Crippen molar-refractivity contribution in [3.8, 4) is 23.0 Å². The molecule has 0 saturated carbocycles. The number of carbonyl (C=O) groups is 2. The number of aryl methyl sites for hydroxylation is 1. The number of benzene rings is 2. The van der Waals surface area contributed by atoms with Crippen LogP contribution in [-0.2, 0) is 9.53 Å². The average molecular weight is 417 g/mol. The van der Waals surface area contributed by atoms with Crippen LogP contribution in [-0.4, -0.2) is 52.5 Å². The van der Waals surface area contributed by atoms with Crippen LogP contribution in [0.5, 0.6) is 23.0 Å². The molecule has 0 heterocycles. The predicted molar refractivity (Wildman–Crippen MR) is 111 cm³/mol. The molecule has 0 radical (unpaired) electrons. The van der Waals surface area contributed by atoms with Gasteiger partial charge in [-0.25, -0.2) is 4.79 Å². The minimum Gasteiger partial charge on any atom is -0.493 e. The maximum absolute atomic E-state index is 12.5. The Morgan fingerprint density at radius 3 is 2.07 bits per heavy atom. The molecule has 2 aromatic carbocycles. The Balaban J connectivity index is 1.88. The third kappa shape index (κ3) is 6.04. The van der Waals surface area contributed by atoms with E-state index in [1.807, 2.05) is 31.2 Å². The molecular formula is C22H27NO7. The molecule has 0 unspecified atom stereocenters. The predicted octanol–water partition coefficient (Wildman–Crippen LogP) is 2.76. The molecule has 0 fully saturated rings. The molecule has 8 nitrogen and oxygen atoms in total. The second-order valence-corrected chi connectivity index (χ2v) is 6.44. The number of amides is 1. The summed E-state index contributed by atoms with van der Waals surface area (Å²) in [5, 5.41) is 2.59. The van der Waals surface area contributed by atoms with Crippen LogP contribution in [0, 0.1) is 6.92 Å². The monoisotopic (exact) mass is 417 g/mol. The number of nitrogens with one attached hydrogen (secondary N) is 1. The number of hydrogen-bond acceptors (Lipinski definition) is 7. The van der Waals surface area contributed by atoms with E-state index in [1.165, 1.54) is 33.5 Å². The second kappa shape index (κ2) is 10.9. The summed E-state index contributed by atoms with van der Waals surface area (Å²) >= 11 is 0. The summed E-state index contributed by atoms with van der Waals surface area (Å²) in [6.07, 6.45) is 0. The first kappa shape index (κ1) is 22.9. The average Bonchev–Trinajstić information content (AvgIpc) is 2.76. The van der Waals surface area contributed by atoms with E-state index in [9.17, 15) is 9.59 Å². The summed E-state index contributed by atoms with van der Waals surface area (Å²) < 4.78 is 26.4. The van der Waals surface area contributed by atoms with Gasteiger partial charge < -0.3 is 29.0 Å². The van der Waals surface area contributed by atoms with Crippen LogP contribution in [0.4, 0.5) is 0 Å². The lowest BCUT2D eigenvalue weighted by molar-refractivity contribution is -0.146. The van der Waals surface area contributed by atoms with E-state index in [0.29, 0.717) is 23.0 Å². The van der Waals surface area contributed by atoms with E-state index in [-0.39, 0.29) is 18.8 Å². The molecule has 0 aliphatic heterocycles. The summed E-state index contributed by atoms with van der Waals surface area (Å²) in [6, 6.07) is 9.71. The molecule has 0 spiro atoms. The SMILES string of the molecule is COc1cc(C(=O)N[C@@H](C)C(=O)OCCOc2ccc(C)cc2)cc(OC)c1OC. The van der Waals surface area contributed by atoms with Gasteiger partial charge >= 0.3 is 5.97 Å². The van der Waals surface area contributed by atoms with Gasteiger partial charge in [0.2, 0.25) is 5.75 Å². The van der Waals surface area contributed by atoms with Crippen molar-refractivity contribution in [1.82, 2.24) is 5.32 Å². The second-order valence-electron chi connectivity index (χ2n) is 6.44. The maximum Gasteiger partial charge on any atom is 0.328 e. The molecule has 0 saturated heterocycles. The van der Waals surface area contributed by atoms with E-state index in [2.05, 4.69) is 5.32 Å². The van der Waals surface area contributed by atoms with Crippen molar-refractivity contribution in [1.29, 1.82) is 0 Å². The van der Waals surface area contributed by atoms with Crippen LogP contribution in [0.1, 0.15) is 22.8 Å². The first-order valence-electron chi connectivity index (χ1n) is 9.36. The van der Waals surface area contributed by atoms with Crippen molar-refractivity contribution in [2.24, 2.45) is 0 Å². The van der Waals surface area contributed by atoms with Crippen molar-refractivity contribution in [2.45, 2.75) is 19.9 Å². The molecule has 0 aromatic heterocycles. The van der Waals surface area contributed by atoms with E-state index in [4.69, 9.17) is 23.7 Å². The van der Waals surface area contributed by atoms with E-state index < -0.39 is 17.9 Å². The molecule has 0 aliphatic carbocycles. The van der Waals surface area contributed by atoms with Gasteiger partial charge in [-0.2, -0.15) is 0 Å². The molecule has 162 valence electrons. The smallest absolute Gasteiger partial charge is 0.328 e. The van der Waals surface area contributed by atoms with Crippen molar-refractivity contribution in [3.63, 3.8) is 0 Å². The zero-order chi connectivity index (χ0) is 22.1. The third-order valence-electron chi connectivity index (χ3n) is 4.25. The quantitative estimate of drug-likeness (QED) is 0.469. The van der Waals surface area contributed by atoms with Gasteiger partial charge in [-0.1, -0.05) is 17.7 Å². The molecule has 30 heavy (non-hydrogen) atoms. The maximum atomic E-state index is 12.5. The fourth-order valence-corrected chi connectivity index (χ4v) is 2.61. The highest BCUT2D eigenvalue weighted by Gasteiger charge is 2.21. The van der Waals surface area contributed by atoms with Crippen molar-refractivity contribution in [2.75, 3.05) is 34.5 Å². The number of hydrogen-bond donors (Lipinski definition) is 1. The summed E-state index contributed by atoms with van der Waals surface area (Å²) in [6.45, 7) is 3.80. The van der Waals surface area contributed by atoms with Gasteiger partial charge in [-0.15, -0.1) is 0 Å². The molecule has 0 bridgehead atoms. The Morgan fingerprint density at radius 2 is 1.53 bits per heavy atom. The molecular weight excluding hydrogens is 390 g/mol. The van der Waals surface area contributed by atoms with Gasteiger partial charge in [0, 0.05) is 5.56 Å². The lowest BCUT2D eigenvalue weighted by Gasteiger charge is -2.16. The Morgan fingerprint density at radius 1 is 0.933 bits per heavy atom. The van der Waals surface area contributed by atoms with Gasteiger partial charge in [0.25, 0.3) is 5.91 Å². The van der Waals surface area contributed by atoms with Crippen molar-refractivity contribution in [3.05, 3.63) is 47.5 Å². The van der Waals surface area contributed by atoms with Gasteiger partial charge in [-0.3, -0.25) is 4.79 Å². The third-order valence-corrected chi connectivity index (χ3v) is 4.25. The highest BCUT2D eigenvalue weighted by Crippen LogP contribution is 2.38. The lowest BCUT2D eigenvalue weighted by atomic mass is 10.1. The Hall–Kier alpha value is -3.42. The van der Waals surface area contributed by atoms with Crippen LogP contribution < -0.4 is 24.3 Å². The lowest BCUT2D eigenvalue weighted by Crippen LogP contribution is -2.40. The van der Waals surface area contributed by atoms with Crippen LogP contribution in [0.15, 0.2) is 36.4 Å². The number of ether oxygens (including phenoxy) is 5. The summed E-state index contributed by atoms with van der Waals surface area (Å²) in [5.41, 5.74) is 1.39.